The maximum atomic E-state index is 13.0. The first-order chi connectivity index (χ1) is 13.1. The predicted molar refractivity (Wildman–Crippen MR) is 108 cm³/mol. The number of amides is 1. The Morgan fingerprint density at radius 2 is 2.04 bits per heavy atom. The number of benzene rings is 1. The van der Waals surface area contributed by atoms with Crippen molar-refractivity contribution >= 4 is 34.4 Å². The Labute approximate surface area is 166 Å². The number of hydrogen-bond donors (Lipinski definition) is 0. The number of carbonyl (C=O) groups is 2. The molecule has 1 atom stereocenters. The molecule has 4 rings (SSSR count). The number of fused-ring (bicyclic) bond motifs is 1. The van der Waals surface area contributed by atoms with Gasteiger partial charge >= 0.3 is 0 Å². The fourth-order valence-electron chi connectivity index (χ4n) is 3.37. The van der Waals surface area contributed by atoms with Gasteiger partial charge in [-0.15, -0.1) is 22.7 Å². The quantitative estimate of drug-likeness (QED) is 0.593. The summed E-state index contributed by atoms with van der Waals surface area (Å²) < 4.78 is 5.71. The van der Waals surface area contributed by atoms with Gasteiger partial charge in [0, 0.05) is 21.9 Å². The molecule has 1 aliphatic heterocycles. The topological polar surface area (TPSA) is 46.6 Å². The molecule has 0 aliphatic carbocycles. The number of thiophene rings is 2. The van der Waals surface area contributed by atoms with Crippen LogP contribution >= 0.6 is 22.7 Å². The minimum Gasteiger partial charge on any atom is -0.484 e. The lowest BCUT2D eigenvalue weighted by molar-refractivity contribution is -0.135. The molecule has 6 heteroatoms. The van der Waals surface area contributed by atoms with E-state index in [1.807, 2.05) is 16.3 Å². The molecule has 3 aromatic rings. The van der Waals surface area contributed by atoms with E-state index >= 15 is 0 Å². The lowest BCUT2D eigenvalue weighted by Crippen LogP contribution is -2.42. The summed E-state index contributed by atoms with van der Waals surface area (Å²) in [4.78, 5) is 28.9. The molecule has 0 unspecified atom stereocenters. The summed E-state index contributed by atoms with van der Waals surface area (Å²) in [5, 5.41) is 4.14. The number of rotatable bonds is 5. The maximum absolute atomic E-state index is 13.0. The summed E-state index contributed by atoms with van der Waals surface area (Å²) in [6.07, 6.45) is 0.875. The van der Waals surface area contributed by atoms with Gasteiger partial charge in [-0.2, -0.15) is 0 Å². The van der Waals surface area contributed by atoms with E-state index in [1.165, 1.54) is 22.2 Å². The first-order valence-corrected chi connectivity index (χ1v) is 10.5. The normalized spacial score (nSPS) is 16.0. The van der Waals surface area contributed by atoms with E-state index in [0.717, 1.165) is 6.42 Å². The first kappa shape index (κ1) is 17.9. The molecule has 138 valence electrons. The van der Waals surface area contributed by atoms with Crippen molar-refractivity contribution in [3.8, 4) is 5.75 Å². The van der Waals surface area contributed by atoms with E-state index in [-0.39, 0.29) is 24.3 Å². The Hall–Kier alpha value is -2.44. The van der Waals surface area contributed by atoms with Crippen LogP contribution in [0.2, 0.25) is 0 Å². The molecule has 0 fully saturated rings. The van der Waals surface area contributed by atoms with Gasteiger partial charge in [0.2, 0.25) is 0 Å². The van der Waals surface area contributed by atoms with Crippen molar-refractivity contribution in [1.82, 2.24) is 4.90 Å². The van der Waals surface area contributed by atoms with Crippen LogP contribution in [-0.4, -0.2) is 29.7 Å². The van der Waals surface area contributed by atoms with Crippen LogP contribution in [0.15, 0.2) is 53.2 Å². The van der Waals surface area contributed by atoms with Gasteiger partial charge in [0.1, 0.15) is 5.75 Å². The summed E-state index contributed by atoms with van der Waals surface area (Å²) in [6.45, 7) is 2.16. The third-order valence-electron chi connectivity index (χ3n) is 4.70. The first-order valence-electron chi connectivity index (χ1n) is 8.76. The zero-order valence-corrected chi connectivity index (χ0v) is 16.5. The Kier molecular flexibility index (Phi) is 5.09. The molecule has 3 heterocycles. The van der Waals surface area contributed by atoms with Gasteiger partial charge in [0.05, 0.1) is 6.04 Å². The molecule has 1 aliphatic rings. The molecule has 0 saturated carbocycles. The Morgan fingerprint density at radius 1 is 1.15 bits per heavy atom. The molecule has 0 spiro atoms. The average Bonchev–Trinajstić information content (AvgIpc) is 3.37. The highest BCUT2D eigenvalue weighted by atomic mass is 32.1. The molecule has 0 saturated heterocycles. The summed E-state index contributed by atoms with van der Waals surface area (Å²) in [5.74, 6) is 0.473. The molecule has 0 radical (unpaired) electrons. The second kappa shape index (κ2) is 7.66. The summed E-state index contributed by atoms with van der Waals surface area (Å²) >= 11 is 3.43. The Morgan fingerprint density at radius 3 is 2.81 bits per heavy atom. The standard InChI is InChI=1S/C21H19NO3S2/c1-14(23)15-4-2-5-16(12-15)25-13-20(24)22-9-7-18-17(8-11-27-18)21(22)19-6-3-10-26-19/h2-6,8,10-12,21H,7,9,13H2,1H3/t21-/m0/s1. The SMILES string of the molecule is CC(=O)c1cccc(OCC(=O)N2CCc3sccc3[C@H]2c2cccs2)c1. The lowest BCUT2D eigenvalue weighted by atomic mass is 9.98. The number of nitrogens with zero attached hydrogens (tertiary/aromatic N) is 1. The van der Waals surface area contributed by atoms with Gasteiger partial charge in [-0.25, -0.2) is 0 Å². The van der Waals surface area contributed by atoms with Crippen molar-refractivity contribution in [2.24, 2.45) is 0 Å². The zero-order valence-electron chi connectivity index (χ0n) is 14.9. The summed E-state index contributed by atoms with van der Waals surface area (Å²) in [6, 6.07) is 13.1. The van der Waals surface area contributed by atoms with Crippen LogP contribution in [0.3, 0.4) is 0 Å². The molecule has 4 nitrogen and oxygen atoms in total. The van der Waals surface area contributed by atoms with E-state index < -0.39 is 0 Å². The number of hydrogen-bond acceptors (Lipinski definition) is 5. The lowest BCUT2D eigenvalue weighted by Gasteiger charge is -2.35. The second-order valence-corrected chi connectivity index (χ2v) is 8.41. The number of ether oxygens (including phenoxy) is 1. The molecule has 1 aromatic carbocycles. The highest BCUT2D eigenvalue weighted by molar-refractivity contribution is 7.10. The van der Waals surface area contributed by atoms with Crippen molar-refractivity contribution in [3.63, 3.8) is 0 Å². The molecule has 0 bridgehead atoms. The van der Waals surface area contributed by atoms with Crippen molar-refractivity contribution in [2.45, 2.75) is 19.4 Å². The van der Waals surface area contributed by atoms with Gasteiger partial charge < -0.3 is 9.64 Å². The van der Waals surface area contributed by atoms with E-state index in [9.17, 15) is 9.59 Å². The van der Waals surface area contributed by atoms with E-state index in [0.29, 0.717) is 17.9 Å². The minimum atomic E-state index is -0.0431. The van der Waals surface area contributed by atoms with E-state index in [4.69, 9.17) is 4.74 Å². The van der Waals surface area contributed by atoms with Crippen LogP contribution in [0, 0.1) is 0 Å². The van der Waals surface area contributed by atoms with Gasteiger partial charge in [-0.05, 0) is 53.9 Å². The number of ketones is 1. The highest BCUT2D eigenvalue weighted by Gasteiger charge is 2.33. The maximum Gasteiger partial charge on any atom is 0.261 e. The molecular formula is C21H19NO3S2. The average molecular weight is 398 g/mol. The van der Waals surface area contributed by atoms with Crippen molar-refractivity contribution in [2.75, 3.05) is 13.2 Å². The number of carbonyl (C=O) groups excluding carboxylic acids is 2. The third-order valence-corrected chi connectivity index (χ3v) is 6.62. The predicted octanol–water partition coefficient (Wildman–Crippen LogP) is 4.57. The third kappa shape index (κ3) is 3.68. The van der Waals surface area contributed by atoms with Crippen LogP contribution in [0.4, 0.5) is 0 Å². The van der Waals surface area contributed by atoms with Crippen LogP contribution < -0.4 is 4.74 Å². The largest absolute Gasteiger partial charge is 0.484 e. The molecule has 27 heavy (non-hydrogen) atoms. The highest BCUT2D eigenvalue weighted by Crippen LogP contribution is 2.39. The fraction of sp³-hybridized carbons (Fsp3) is 0.238. The Balaban J connectivity index is 1.52. The Bertz CT molecular complexity index is 961. The van der Waals surface area contributed by atoms with Crippen molar-refractivity contribution in [1.29, 1.82) is 0 Å². The smallest absolute Gasteiger partial charge is 0.261 e. The van der Waals surface area contributed by atoms with Crippen LogP contribution in [0.25, 0.3) is 0 Å². The van der Waals surface area contributed by atoms with Crippen LogP contribution in [0.5, 0.6) is 5.75 Å². The number of Topliss-reactive ketones (excluding diaryl/α,β-unsaturated/α-hetero) is 1. The molecule has 0 N–H and O–H groups in total. The summed E-state index contributed by atoms with van der Waals surface area (Å²) in [5.41, 5.74) is 1.80. The fourth-order valence-corrected chi connectivity index (χ4v) is 5.13. The molecule has 2 aromatic heterocycles. The monoisotopic (exact) mass is 397 g/mol. The molecular weight excluding hydrogens is 378 g/mol. The van der Waals surface area contributed by atoms with E-state index in [1.54, 1.807) is 46.9 Å². The molecule has 1 amide bonds. The van der Waals surface area contributed by atoms with Crippen molar-refractivity contribution < 1.29 is 14.3 Å². The van der Waals surface area contributed by atoms with Gasteiger partial charge in [0.15, 0.2) is 12.4 Å². The van der Waals surface area contributed by atoms with Gasteiger partial charge in [0.25, 0.3) is 5.91 Å². The van der Waals surface area contributed by atoms with Crippen LogP contribution in [0.1, 0.15) is 38.6 Å². The summed E-state index contributed by atoms with van der Waals surface area (Å²) in [7, 11) is 0. The van der Waals surface area contributed by atoms with Gasteiger partial charge in [-0.1, -0.05) is 18.2 Å². The minimum absolute atomic E-state index is 0.0226. The van der Waals surface area contributed by atoms with E-state index in [2.05, 4.69) is 17.5 Å². The van der Waals surface area contributed by atoms with Crippen LogP contribution in [-0.2, 0) is 11.2 Å². The zero-order chi connectivity index (χ0) is 18.8. The van der Waals surface area contributed by atoms with Gasteiger partial charge in [-0.3, -0.25) is 9.59 Å². The van der Waals surface area contributed by atoms with Crippen molar-refractivity contribution in [3.05, 3.63) is 74.1 Å². The second-order valence-electron chi connectivity index (χ2n) is 6.43.